The quantitative estimate of drug-likeness (QED) is 0.867. The number of ether oxygens (including phenoxy) is 1. The Balaban J connectivity index is 1.69. The highest BCUT2D eigenvalue weighted by atomic mass is 32.1. The summed E-state index contributed by atoms with van der Waals surface area (Å²) >= 11 is 1.54. The van der Waals surface area contributed by atoms with Crippen LogP contribution in [0.2, 0.25) is 0 Å². The van der Waals surface area contributed by atoms with Crippen molar-refractivity contribution < 1.29 is 14.1 Å². The molecule has 0 radical (unpaired) electrons. The van der Waals surface area contributed by atoms with Crippen molar-refractivity contribution in [1.29, 1.82) is 0 Å². The molecule has 1 aliphatic heterocycles. The number of methoxy groups -OCH3 is 1. The lowest BCUT2D eigenvalue weighted by Gasteiger charge is -2.31. The fraction of sp³-hybridized carbons (Fsp3) is 0.500. The summed E-state index contributed by atoms with van der Waals surface area (Å²) < 4.78 is 10.1. The Hall–Kier alpha value is -1.73. The lowest BCUT2D eigenvalue weighted by molar-refractivity contribution is 0.0704. The van der Waals surface area contributed by atoms with E-state index in [2.05, 4.69) is 10.1 Å². The molecule has 0 spiro atoms. The molecule has 1 saturated heterocycles. The molecule has 2 aromatic rings. The third-order valence-electron chi connectivity index (χ3n) is 3.59. The molecule has 21 heavy (non-hydrogen) atoms. The van der Waals surface area contributed by atoms with E-state index in [1.54, 1.807) is 7.11 Å². The van der Waals surface area contributed by atoms with Crippen LogP contribution >= 0.6 is 11.3 Å². The van der Waals surface area contributed by atoms with E-state index in [4.69, 9.17) is 9.26 Å². The maximum absolute atomic E-state index is 12.4. The van der Waals surface area contributed by atoms with Gasteiger partial charge in [-0.2, -0.15) is 16.3 Å². The van der Waals surface area contributed by atoms with Gasteiger partial charge in [0.2, 0.25) is 0 Å². The highest BCUT2D eigenvalue weighted by molar-refractivity contribution is 7.08. The number of rotatable bonds is 4. The number of carbonyl (C=O) groups excluding carboxylic acids is 1. The van der Waals surface area contributed by atoms with Gasteiger partial charge < -0.3 is 14.2 Å². The van der Waals surface area contributed by atoms with Crippen LogP contribution in [-0.2, 0) is 11.3 Å². The molecule has 7 heteroatoms. The van der Waals surface area contributed by atoms with Gasteiger partial charge in [0.25, 0.3) is 11.8 Å². The number of aromatic nitrogens is 2. The van der Waals surface area contributed by atoms with Crippen molar-refractivity contribution in [3.05, 3.63) is 34.1 Å². The summed E-state index contributed by atoms with van der Waals surface area (Å²) in [5.41, 5.74) is 0.758. The normalized spacial score (nSPS) is 18.9. The minimum atomic E-state index is 0.0848. The number of thiophene rings is 1. The molecule has 6 nitrogen and oxygen atoms in total. The van der Waals surface area contributed by atoms with E-state index < -0.39 is 0 Å². The van der Waals surface area contributed by atoms with Gasteiger partial charge in [-0.05, 0) is 24.3 Å². The SMILES string of the molecule is COCc1nc(C2CCCN(C(=O)c3ccsc3)C2)no1. The predicted octanol–water partition coefficient (Wildman–Crippen LogP) is 2.30. The summed E-state index contributed by atoms with van der Waals surface area (Å²) in [6.45, 7) is 1.74. The standard InChI is InChI=1S/C14H17N3O3S/c1-19-8-12-15-13(16-20-12)10-3-2-5-17(7-10)14(18)11-4-6-21-9-11/h4,6,9-10H,2-3,5,7-8H2,1H3. The summed E-state index contributed by atoms with van der Waals surface area (Å²) in [6.07, 6.45) is 1.92. The Morgan fingerprint density at radius 1 is 1.62 bits per heavy atom. The van der Waals surface area contributed by atoms with Gasteiger partial charge in [0.05, 0.1) is 5.56 Å². The molecule has 2 aromatic heterocycles. The van der Waals surface area contributed by atoms with Gasteiger partial charge in [-0.25, -0.2) is 0 Å². The largest absolute Gasteiger partial charge is 0.375 e. The average Bonchev–Trinajstić information content (AvgIpc) is 3.18. The molecule has 112 valence electrons. The Morgan fingerprint density at radius 2 is 2.52 bits per heavy atom. The van der Waals surface area contributed by atoms with Gasteiger partial charge in [-0.3, -0.25) is 4.79 Å². The lowest BCUT2D eigenvalue weighted by atomic mass is 9.97. The first-order valence-electron chi connectivity index (χ1n) is 6.91. The summed E-state index contributed by atoms with van der Waals surface area (Å²) in [7, 11) is 1.59. The van der Waals surface area contributed by atoms with Gasteiger partial charge in [0, 0.05) is 31.5 Å². The third kappa shape index (κ3) is 3.14. The topological polar surface area (TPSA) is 68.5 Å². The molecular weight excluding hydrogens is 290 g/mol. The average molecular weight is 307 g/mol. The first-order valence-corrected chi connectivity index (χ1v) is 7.85. The number of hydrogen-bond acceptors (Lipinski definition) is 6. The minimum absolute atomic E-state index is 0.0848. The smallest absolute Gasteiger partial charge is 0.254 e. The van der Waals surface area contributed by atoms with Crippen LogP contribution in [0.3, 0.4) is 0 Å². The van der Waals surface area contributed by atoms with Gasteiger partial charge >= 0.3 is 0 Å². The van der Waals surface area contributed by atoms with Crippen molar-refractivity contribution in [2.45, 2.75) is 25.4 Å². The van der Waals surface area contributed by atoms with Crippen LogP contribution in [0.5, 0.6) is 0 Å². The molecule has 0 saturated carbocycles. The Labute approximate surface area is 126 Å². The van der Waals surface area contributed by atoms with E-state index in [0.717, 1.165) is 24.9 Å². The van der Waals surface area contributed by atoms with E-state index in [1.807, 2.05) is 21.7 Å². The second kappa shape index (κ2) is 6.36. The molecule has 1 unspecified atom stereocenters. The predicted molar refractivity (Wildman–Crippen MR) is 77.2 cm³/mol. The zero-order valence-corrected chi connectivity index (χ0v) is 12.6. The molecule has 0 aliphatic carbocycles. The molecule has 0 aromatic carbocycles. The zero-order chi connectivity index (χ0) is 14.7. The van der Waals surface area contributed by atoms with Crippen LogP contribution in [0.25, 0.3) is 0 Å². The van der Waals surface area contributed by atoms with Crippen LogP contribution in [0.15, 0.2) is 21.3 Å². The molecular formula is C14H17N3O3S. The van der Waals surface area contributed by atoms with E-state index >= 15 is 0 Å². The second-order valence-electron chi connectivity index (χ2n) is 5.08. The highest BCUT2D eigenvalue weighted by Gasteiger charge is 2.28. The van der Waals surface area contributed by atoms with Crippen molar-refractivity contribution in [3.8, 4) is 0 Å². The van der Waals surface area contributed by atoms with E-state index in [0.29, 0.717) is 24.9 Å². The fourth-order valence-electron chi connectivity index (χ4n) is 2.56. The molecule has 1 aliphatic rings. The van der Waals surface area contributed by atoms with Crippen molar-refractivity contribution in [1.82, 2.24) is 15.0 Å². The van der Waals surface area contributed by atoms with Crippen molar-refractivity contribution in [3.63, 3.8) is 0 Å². The molecule has 1 atom stereocenters. The monoisotopic (exact) mass is 307 g/mol. The zero-order valence-electron chi connectivity index (χ0n) is 11.8. The molecule has 0 N–H and O–H groups in total. The third-order valence-corrected chi connectivity index (χ3v) is 4.28. The van der Waals surface area contributed by atoms with Gasteiger partial charge in [-0.15, -0.1) is 0 Å². The Kier molecular flexibility index (Phi) is 4.31. The first kappa shape index (κ1) is 14.2. The maximum Gasteiger partial charge on any atom is 0.254 e. The Bertz CT molecular complexity index is 596. The number of likely N-dealkylation sites (tertiary alicyclic amines) is 1. The minimum Gasteiger partial charge on any atom is -0.375 e. The summed E-state index contributed by atoms with van der Waals surface area (Å²) in [6, 6.07) is 1.86. The molecule has 1 fully saturated rings. The van der Waals surface area contributed by atoms with Crippen molar-refractivity contribution >= 4 is 17.2 Å². The lowest BCUT2D eigenvalue weighted by Crippen LogP contribution is -2.39. The molecule has 0 bridgehead atoms. The van der Waals surface area contributed by atoms with Crippen LogP contribution in [0, 0.1) is 0 Å². The summed E-state index contributed by atoms with van der Waals surface area (Å²) in [4.78, 5) is 18.6. The summed E-state index contributed by atoms with van der Waals surface area (Å²) in [5, 5.41) is 7.82. The number of piperidine rings is 1. The van der Waals surface area contributed by atoms with Crippen LogP contribution < -0.4 is 0 Å². The van der Waals surface area contributed by atoms with Gasteiger partial charge in [0.15, 0.2) is 5.82 Å². The maximum atomic E-state index is 12.4. The second-order valence-corrected chi connectivity index (χ2v) is 5.86. The molecule has 1 amide bonds. The number of carbonyl (C=O) groups is 1. The van der Waals surface area contributed by atoms with E-state index in [1.165, 1.54) is 11.3 Å². The Morgan fingerprint density at radius 3 is 3.29 bits per heavy atom. The van der Waals surface area contributed by atoms with Gasteiger partial charge in [0.1, 0.15) is 6.61 Å². The van der Waals surface area contributed by atoms with E-state index in [9.17, 15) is 4.79 Å². The fourth-order valence-corrected chi connectivity index (χ4v) is 3.19. The first-order chi connectivity index (χ1) is 10.3. The van der Waals surface area contributed by atoms with Gasteiger partial charge in [-0.1, -0.05) is 5.16 Å². The summed E-state index contributed by atoms with van der Waals surface area (Å²) in [5.74, 6) is 1.37. The van der Waals surface area contributed by atoms with Crippen LogP contribution in [-0.4, -0.2) is 41.1 Å². The number of amides is 1. The van der Waals surface area contributed by atoms with Crippen molar-refractivity contribution in [2.75, 3.05) is 20.2 Å². The molecule has 3 rings (SSSR count). The number of hydrogen-bond donors (Lipinski definition) is 0. The highest BCUT2D eigenvalue weighted by Crippen LogP contribution is 2.26. The van der Waals surface area contributed by atoms with Crippen LogP contribution in [0.4, 0.5) is 0 Å². The van der Waals surface area contributed by atoms with Crippen LogP contribution in [0.1, 0.15) is 40.8 Å². The van der Waals surface area contributed by atoms with E-state index in [-0.39, 0.29) is 11.8 Å². The molecule has 3 heterocycles. The number of nitrogens with zero attached hydrogens (tertiary/aromatic N) is 3. The van der Waals surface area contributed by atoms with Crippen molar-refractivity contribution in [2.24, 2.45) is 0 Å².